The van der Waals surface area contributed by atoms with Crippen molar-refractivity contribution in [3.8, 4) is 0 Å². The SMILES string of the molecule is CC1(C)CN(Cc2ccncc2)C(C)(C)CCN1. The number of aromatic nitrogens is 1. The van der Waals surface area contributed by atoms with Gasteiger partial charge in [-0.15, -0.1) is 0 Å². The van der Waals surface area contributed by atoms with Crippen LogP contribution in [0.3, 0.4) is 0 Å². The Kier molecular flexibility index (Phi) is 3.74. The lowest BCUT2D eigenvalue weighted by Crippen LogP contribution is -2.50. The Balaban J connectivity index is 2.16. The smallest absolute Gasteiger partial charge is 0.0271 e. The van der Waals surface area contributed by atoms with Crippen molar-refractivity contribution >= 4 is 0 Å². The first kappa shape index (κ1) is 13.5. The molecule has 0 amide bonds. The van der Waals surface area contributed by atoms with Crippen molar-refractivity contribution in [1.82, 2.24) is 15.2 Å². The van der Waals surface area contributed by atoms with Gasteiger partial charge in [-0.05, 0) is 58.4 Å². The number of hydrogen-bond acceptors (Lipinski definition) is 3. The zero-order valence-electron chi connectivity index (χ0n) is 12.0. The van der Waals surface area contributed by atoms with E-state index in [0.717, 1.165) is 19.6 Å². The Hall–Kier alpha value is -0.930. The third-order valence-electron chi connectivity index (χ3n) is 3.91. The molecule has 100 valence electrons. The predicted molar refractivity (Wildman–Crippen MR) is 75.4 cm³/mol. The van der Waals surface area contributed by atoms with Crippen molar-refractivity contribution in [3.63, 3.8) is 0 Å². The van der Waals surface area contributed by atoms with Gasteiger partial charge >= 0.3 is 0 Å². The van der Waals surface area contributed by atoms with Gasteiger partial charge in [-0.25, -0.2) is 0 Å². The molecule has 1 aliphatic heterocycles. The minimum absolute atomic E-state index is 0.181. The van der Waals surface area contributed by atoms with E-state index >= 15 is 0 Å². The molecule has 0 atom stereocenters. The van der Waals surface area contributed by atoms with Crippen molar-refractivity contribution in [2.75, 3.05) is 13.1 Å². The van der Waals surface area contributed by atoms with Gasteiger partial charge in [0.25, 0.3) is 0 Å². The zero-order valence-corrected chi connectivity index (χ0v) is 12.0. The van der Waals surface area contributed by atoms with E-state index in [4.69, 9.17) is 0 Å². The summed E-state index contributed by atoms with van der Waals surface area (Å²) in [5, 5.41) is 3.64. The summed E-state index contributed by atoms with van der Waals surface area (Å²) in [5.74, 6) is 0. The molecule has 2 rings (SSSR count). The fraction of sp³-hybridized carbons (Fsp3) is 0.667. The van der Waals surface area contributed by atoms with Crippen LogP contribution >= 0.6 is 0 Å². The van der Waals surface area contributed by atoms with E-state index in [0.29, 0.717) is 0 Å². The molecule has 0 aromatic carbocycles. The molecule has 1 saturated heterocycles. The Morgan fingerprint density at radius 3 is 2.56 bits per heavy atom. The molecule has 0 unspecified atom stereocenters. The molecule has 18 heavy (non-hydrogen) atoms. The predicted octanol–water partition coefficient (Wildman–Crippen LogP) is 2.43. The molecule has 3 nitrogen and oxygen atoms in total. The van der Waals surface area contributed by atoms with E-state index in [1.807, 2.05) is 12.4 Å². The first-order valence-electron chi connectivity index (χ1n) is 6.78. The molecule has 1 aromatic rings. The lowest BCUT2D eigenvalue weighted by Gasteiger charge is -2.39. The maximum atomic E-state index is 4.09. The van der Waals surface area contributed by atoms with E-state index in [-0.39, 0.29) is 11.1 Å². The summed E-state index contributed by atoms with van der Waals surface area (Å²) in [6.07, 6.45) is 4.94. The number of hydrogen-bond donors (Lipinski definition) is 1. The highest BCUT2D eigenvalue weighted by Crippen LogP contribution is 2.26. The van der Waals surface area contributed by atoms with E-state index in [9.17, 15) is 0 Å². The Labute approximate surface area is 111 Å². The van der Waals surface area contributed by atoms with Crippen LogP contribution in [-0.4, -0.2) is 34.1 Å². The monoisotopic (exact) mass is 247 g/mol. The molecule has 3 heteroatoms. The number of nitrogens with one attached hydrogen (secondary N) is 1. The van der Waals surface area contributed by atoms with Crippen LogP contribution in [0.1, 0.15) is 39.7 Å². The Morgan fingerprint density at radius 1 is 1.22 bits per heavy atom. The minimum Gasteiger partial charge on any atom is -0.310 e. The summed E-state index contributed by atoms with van der Waals surface area (Å²) in [7, 11) is 0. The normalized spacial score (nSPS) is 23.6. The summed E-state index contributed by atoms with van der Waals surface area (Å²) in [4.78, 5) is 6.68. The van der Waals surface area contributed by atoms with Crippen LogP contribution in [0, 0.1) is 0 Å². The second-order valence-electron chi connectivity index (χ2n) is 6.58. The molecule has 0 radical (unpaired) electrons. The van der Waals surface area contributed by atoms with Crippen molar-refractivity contribution in [1.29, 1.82) is 0 Å². The van der Waals surface area contributed by atoms with E-state index in [2.05, 4.69) is 55.0 Å². The third-order valence-corrected chi connectivity index (χ3v) is 3.91. The highest BCUT2D eigenvalue weighted by Gasteiger charge is 2.34. The minimum atomic E-state index is 0.181. The van der Waals surface area contributed by atoms with Gasteiger partial charge in [-0.2, -0.15) is 0 Å². The highest BCUT2D eigenvalue weighted by atomic mass is 15.2. The van der Waals surface area contributed by atoms with Crippen LogP contribution in [-0.2, 0) is 6.54 Å². The second-order valence-corrected chi connectivity index (χ2v) is 6.58. The fourth-order valence-electron chi connectivity index (χ4n) is 2.59. The van der Waals surface area contributed by atoms with E-state index in [1.54, 1.807) is 0 Å². The largest absolute Gasteiger partial charge is 0.310 e. The van der Waals surface area contributed by atoms with Gasteiger partial charge in [0.1, 0.15) is 0 Å². The van der Waals surface area contributed by atoms with Gasteiger partial charge in [0, 0.05) is 36.6 Å². The van der Waals surface area contributed by atoms with Crippen LogP contribution in [0.4, 0.5) is 0 Å². The first-order chi connectivity index (χ1) is 8.39. The van der Waals surface area contributed by atoms with Gasteiger partial charge in [-0.1, -0.05) is 0 Å². The van der Waals surface area contributed by atoms with Gasteiger partial charge in [0.2, 0.25) is 0 Å². The van der Waals surface area contributed by atoms with Crippen LogP contribution in [0.15, 0.2) is 24.5 Å². The summed E-state index contributed by atoms with van der Waals surface area (Å²) >= 11 is 0. The van der Waals surface area contributed by atoms with E-state index in [1.165, 1.54) is 12.0 Å². The molecular formula is C15H25N3. The summed E-state index contributed by atoms with van der Waals surface area (Å²) in [6, 6.07) is 4.22. The summed E-state index contributed by atoms with van der Waals surface area (Å²) < 4.78 is 0. The molecule has 0 aliphatic carbocycles. The maximum Gasteiger partial charge on any atom is 0.0271 e. The third kappa shape index (κ3) is 3.30. The highest BCUT2D eigenvalue weighted by molar-refractivity contribution is 5.11. The fourth-order valence-corrected chi connectivity index (χ4v) is 2.59. The molecule has 1 aliphatic rings. The lowest BCUT2D eigenvalue weighted by atomic mass is 9.96. The van der Waals surface area contributed by atoms with Crippen LogP contribution < -0.4 is 5.32 Å². The standard InChI is InChI=1S/C15H25N3/c1-14(2)12-18(15(3,4)7-10-17-14)11-13-5-8-16-9-6-13/h5-6,8-9,17H,7,10-12H2,1-4H3. The molecule has 0 spiro atoms. The first-order valence-corrected chi connectivity index (χ1v) is 6.78. The van der Waals surface area contributed by atoms with Gasteiger partial charge in [-0.3, -0.25) is 9.88 Å². The molecule has 0 saturated carbocycles. The molecule has 0 bridgehead atoms. The number of pyridine rings is 1. The molecular weight excluding hydrogens is 222 g/mol. The summed E-state index contributed by atoms with van der Waals surface area (Å²) in [6.45, 7) is 12.4. The molecule has 1 fully saturated rings. The van der Waals surface area contributed by atoms with Gasteiger partial charge in [0.05, 0.1) is 0 Å². The van der Waals surface area contributed by atoms with Crippen molar-refractivity contribution in [2.24, 2.45) is 0 Å². The Bertz CT molecular complexity index is 384. The second kappa shape index (κ2) is 4.98. The van der Waals surface area contributed by atoms with Gasteiger partial charge < -0.3 is 5.32 Å². The van der Waals surface area contributed by atoms with Gasteiger partial charge in [0.15, 0.2) is 0 Å². The molecule has 1 aromatic heterocycles. The quantitative estimate of drug-likeness (QED) is 0.870. The summed E-state index contributed by atoms with van der Waals surface area (Å²) in [5.41, 5.74) is 1.76. The van der Waals surface area contributed by atoms with Crippen molar-refractivity contribution in [2.45, 2.75) is 51.7 Å². The topological polar surface area (TPSA) is 28.2 Å². The number of nitrogens with zero attached hydrogens (tertiary/aromatic N) is 2. The Morgan fingerprint density at radius 2 is 1.89 bits per heavy atom. The van der Waals surface area contributed by atoms with Crippen LogP contribution in [0.2, 0.25) is 0 Å². The van der Waals surface area contributed by atoms with Crippen LogP contribution in [0.25, 0.3) is 0 Å². The van der Waals surface area contributed by atoms with E-state index < -0.39 is 0 Å². The van der Waals surface area contributed by atoms with Crippen molar-refractivity contribution in [3.05, 3.63) is 30.1 Å². The maximum absolute atomic E-state index is 4.09. The lowest BCUT2D eigenvalue weighted by molar-refractivity contribution is 0.0980. The zero-order chi connectivity index (χ0) is 13.2. The van der Waals surface area contributed by atoms with Crippen molar-refractivity contribution < 1.29 is 0 Å². The molecule has 1 N–H and O–H groups in total. The average Bonchev–Trinajstić information content (AvgIpc) is 2.37. The number of rotatable bonds is 2. The average molecular weight is 247 g/mol. The van der Waals surface area contributed by atoms with Crippen LogP contribution in [0.5, 0.6) is 0 Å². The molecule has 2 heterocycles.